The Bertz CT molecular complexity index is 1160. The number of benzene rings is 2. The highest BCUT2D eigenvalue weighted by molar-refractivity contribution is 7.89. The summed E-state index contributed by atoms with van der Waals surface area (Å²) >= 11 is 5.78. The van der Waals surface area contributed by atoms with E-state index < -0.39 is 22.0 Å². The molecule has 3 rings (SSSR count). The highest BCUT2D eigenvalue weighted by Crippen LogP contribution is 2.19. The predicted molar refractivity (Wildman–Crippen MR) is 131 cm³/mol. The zero-order valence-corrected chi connectivity index (χ0v) is 20.8. The number of carbonyl (C=O) groups is 3. The molecular weight excluding hydrogens is 496 g/mol. The fourth-order valence-corrected chi connectivity index (χ4v) is 4.62. The summed E-state index contributed by atoms with van der Waals surface area (Å²) in [6, 6.07) is 12.3. The Hall–Kier alpha value is -3.15. The van der Waals surface area contributed by atoms with Gasteiger partial charge in [-0.25, -0.2) is 17.9 Å². The number of nitrogens with one attached hydrogen (secondary N) is 2. The second-order valence-corrected chi connectivity index (χ2v) is 9.88. The summed E-state index contributed by atoms with van der Waals surface area (Å²) in [6.45, 7) is 3.28. The molecule has 0 unspecified atom stereocenters. The molecule has 1 saturated heterocycles. The topological polar surface area (TPSA) is 125 Å². The SMILES string of the molecule is CCOC(=O)N1CCN(C(=O)c2ccccc2NC(=O)CCNS(=O)(=O)c2ccc(Cl)cc2)CC1. The molecule has 10 nitrogen and oxygen atoms in total. The van der Waals surface area contributed by atoms with Gasteiger partial charge in [-0.05, 0) is 43.3 Å². The van der Waals surface area contributed by atoms with Crippen LogP contribution in [-0.4, -0.2) is 75.5 Å². The minimum absolute atomic E-state index is 0.0429. The Morgan fingerprint density at radius 3 is 2.26 bits per heavy atom. The molecule has 2 aromatic carbocycles. The van der Waals surface area contributed by atoms with Gasteiger partial charge in [0.25, 0.3) is 5.91 Å². The minimum atomic E-state index is -3.78. The first-order valence-corrected chi connectivity index (χ1v) is 12.9. The first-order valence-electron chi connectivity index (χ1n) is 11.1. The summed E-state index contributed by atoms with van der Waals surface area (Å²) in [5.41, 5.74) is 0.642. The van der Waals surface area contributed by atoms with Crippen LogP contribution in [0.25, 0.3) is 0 Å². The van der Waals surface area contributed by atoms with Gasteiger partial charge in [0.1, 0.15) is 0 Å². The summed E-state index contributed by atoms with van der Waals surface area (Å²) in [4.78, 5) is 40.6. The number of carbonyl (C=O) groups excluding carboxylic acids is 3. The number of piperazine rings is 1. The summed E-state index contributed by atoms with van der Waals surface area (Å²) in [5, 5.41) is 3.10. The van der Waals surface area contributed by atoms with Crippen LogP contribution in [0.2, 0.25) is 5.02 Å². The number of halogens is 1. The van der Waals surface area contributed by atoms with Gasteiger partial charge in [-0.2, -0.15) is 0 Å². The second-order valence-electron chi connectivity index (χ2n) is 7.67. The number of hydrogen-bond acceptors (Lipinski definition) is 6. The van der Waals surface area contributed by atoms with E-state index in [0.717, 1.165) is 0 Å². The third-order valence-electron chi connectivity index (χ3n) is 5.29. The van der Waals surface area contributed by atoms with Crippen molar-refractivity contribution in [2.75, 3.05) is 44.6 Å². The van der Waals surface area contributed by atoms with Gasteiger partial charge < -0.3 is 19.9 Å². The maximum absolute atomic E-state index is 13.1. The largest absolute Gasteiger partial charge is 0.450 e. The second kappa shape index (κ2) is 12.0. The van der Waals surface area contributed by atoms with Crippen LogP contribution >= 0.6 is 11.6 Å². The third kappa shape index (κ3) is 7.17. The summed E-state index contributed by atoms with van der Waals surface area (Å²) in [7, 11) is -3.78. The summed E-state index contributed by atoms with van der Waals surface area (Å²) in [5.74, 6) is -0.718. The fourth-order valence-electron chi connectivity index (χ4n) is 3.46. The number of rotatable bonds is 8. The van der Waals surface area contributed by atoms with Crippen molar-refractivity contribution in [1.82, 2.24) is 14.5 Å². The minimum Gasteiger partial charge on any atom is -0.450 e. The molecule has 1 heterocycles. The molecule has 0 aromatic heterocycles. The molecule has 0 aliphatic carbocycles. The number of amides is 3. The molecule has 0 saturated carbocycles. The molecule has 1 fully saturated rings. The molecule has 3 amide bonds. The molecule has 1 aliphatic heterocycles. The van der Waals surface area contributed by atoms with E-state index in [4.69, 9.17) is 16.3 Å². The lowest BCUT2D eigenvalue weighted by Gasteiger charge is -2.34. The molecule has 2 aromatic rings. The Balaban J connectivity index is 1.55. The van der Waals surface area contributed by atoms with E-state index >= 15 is 0 Å². The van der Waals surface area contributed by atoms with E-state index in [-0.39, 0.29) is 30.4 Å². The van der Waals surface area contributed by atoms with Crippen LogP contribution in [0.4, 0.5) is 10.5 Å². The fraction of sp³-hybridized carbons (Fsp3) is 0.348. The Labute approximate surface area is 209 Å². The molecule has 188 valence electrons. The predicted octanol–water partition coefficient (Wildman–Crippen LogP) is 2.56. The molecule has 2 N–H and O–H groups in total. The first-order chi connectivity index (χ1) is 16.7. The number of hydrogen-bond donors (Lipinski definition) is 2. The van der Waals surface area contributed by atoms with Crippen molar-refractivity contribution in [1.29, 1.82) is 0 Å². The molecule has 1 aliphatic rings. The lowest BCUT2D eigenvalue weighted by molar-refractivity contribution is -0.116. The maximum atomic E-state index is 13.1. The average Bonchev–Trinajstić information content (AvgIpc) is 2.84. The quantitative estimate of drug-likeness (QED) is 0.549. The zero-order chi connectivity index (χ0) is 25.4. The first kappa shape index (κ1) is 26.5. The maximum Gasteiger partial charge on any atom is 0.409 e. The monoisotopic (exact) mass is 522 g/mol. The van der Waals surface area contributed by atoms with Gasteiger partial charge in [-0.1, -0.05) is 23.7 Å². The highest BCUT2D eigenvalue weighted by Gasteiger charge is 2.27. The average molecular weight is 523 g/mol. The lowest BCUT2D eigenvalue weighted by Crippen LogP contribution is -2.50. The molecule has 0 radical (unpaired) electrons. The van der Waals surface area contributed by atoms with Crippen LogP contribution < -0.4 is 10.0 Å². The zero-order valence-electron chi connectivity index (χ0n) is 19.2. The van der Waals surface area contributed by atoms with E-state index in [0.29, 0.717) is 42.5 Å². The van der Waals surface area contributed by atoms with Crippen LogP contribution in [0.5, 0.6) is 0 Å². The van der Waals surface area contributed by atoms with Crippen LogP contribution in [-0.2, 0) is 19.6 Å². The summed E-state index contributed by atoms with van der Waals surface area (Å²) in [6.07, 6.45) is -0.535. The summed E-state index contributed by atoms with van der Waals surface area (Å²) < 4.78 is 32.0. The van der Waals surface area contributed by atoms with E-state index in [1.807, 2.05) is 0 Å². The Morgan fingerprint density at radius 2 is 1.60 bits per heavy atom. The van der Waals surface area contributed by atoms with Gasteiger partial charge in [-0.3, -0.25) is 9.59 Å². The van der Waals surface area contributed by atoms with Crippen LogP contribution in [0, 0.1) is 0 Å². The van der Waals surface area contributed by atoms with E-state index in [1.165, 1.54) is 24.3 Å². The molecule has 0 spiro atoms. The van der Waals surface area contributed by atoms with Crippen molar-refractivity contribution >= 4 is 45.2 Å². The Morgan fingerprint density at radius 1 is 0.971 bits per heavy atom. The normalized spacial score (nSPS) is 13.9. The smallest absolute Gasteiger partial charge is 0.409 e. The number of sulfonamides is 1. The number of ether oxygens (including phenoxy) is 1. The standard InChI is InChI=1S/C23H27ClN4O6S/c1-2-34-23(31)28-15-13-27(14-16-28)22(30)19-5-3-4-6-20(19)26-21(29)11-12-25-35(32,33)18-9-7-17(24)8-10-18/h3-10,25H,2,11-16H2,1H3,(H,26,29). The molecule has 35 heavy (non-hydrogen) atoms. The van der Waals surface area contributed by atoms with Crippen molar-refractivity contribution in [3.63, 3.8) is 0 Å². The number of para-hydroxylation sites is 1. The van der Waals surface area contributed by atoms with Crippen molar-refractivity contribution in [2.24, 2.45) is 0 Å². The van der Waals surface area contributed by atoms with Gasteiger partial charge in [0.2, 0.25) is 15.9 Å². The van der Waals surface area contributed by atoms with Crippen LogP contribution in [0.15, 0.2) is 53.4 Å². The number of anilines is 1. The molecule has 0 atom stereocenters. The van der Waals surface area contributed by atoms with E-state index in [2.05, 4.69) is 10.0 Å². The molecule has 12 heteroatoms. The van der Waals surface area contributed by atoms with Gasteiger partial charge in [0.05, 0.1) is 22.8 Å². The van der Waals surface area contributed by atoms with E-state index in [1.54, 1.807) is 41.0 Å². The van der Waals surface area contributed by atoms with Crippen molar-refractivity contribution < 1.29 is 27.5 Å². The van der Waals surface area contributed by atoms with E-state index in [9.17, 15) is 22.8 Å². The number of nitrogens with zero attached hydrogens (tertiary/aromatic N) is 2. The molecule has 0 bridgehead atoms. The highest BCUT2D eigenvalue weighted by atomic mass is 35.5. The Kier molecular flexibility index (Phi) is 9.07. The lowest BCUT2D eigenvalue weighted by atomic mass is 10.1. The van der Waals surface area contributed by atoms with Gasteiger partial charge in [0.15, 0.2) is 0 Å². The van der Waals surface area contributed by atoms with Crippen molar-refractivity contribution in [2.45, 2.75) is 18.2 Å². The van der Waals surface area contributed by atoms with Crippen LogP contribution in [0.1, 0.15) is 23.7 Å². The van der Waals surface area contributed by atoms with Gasteiger partial charge >= 0.3 is 6.09 Å². The van der Waals surface area contributed by atoms with Crippen molar-refractivity contribution in [3.8, 4) is 0 Å². The third-order valence-corrected chi connectivity index (χ3v) is 7.02. The van der Waals surface area contributed by atoms with Crippen LogP contribution in [0.3, 0.4) is 0 Å². The van der Waals surface area contributed by atoms with Gasteiger partial charge in [-0.15, -0.1) is 0 Å². The van der Waals surface area contributed by atoms with Gasteiger partial charge in [0, 0.05) is 44.2 Å². The van der Waals surface area contributed by atoms with Crippen molar-refractivity contribution in [3.05, 3.63) is 59.1 Å². The molecular formula is C23H27ClN4O6S.